The minimum Gasteiger partial charge on any atom is -0.326 e. The normalized spacial score (nSPS) is 12.7. The van der Waals surface area contributed by atoms with Gasteiger partial charge in [0.1, 0.15) is 11.6 Å². The van der Waals surface area contributed by atoms with Gasteiger partial charge in [-0.1, -0.05) is 24.3 Å². The van der Waals surface area contributed by atoms with Crippen molar-refractivity contribution in [3.63, 3.8) is 0 Å². The highest BCUT2D eigenvalue weighted by Crippen LogP contribution is 2.24. The fraction of sp³-hybridized carbons (Fsp3) is 0.294. The highest BCUT2D eigenvalue weighted by molar-refractivity contribution is 5.28. The molecule has 0 aliphatic heterocycles. The molecule has 112 valence electrons. The maximum Gasteiger partial charge on any atom is 0.127 e. The Balaban J connectivity index is 2.20. The third-order valence-electron chi connectivity index (χ3n) is 3.82. The molecule has 0 aliphatic carbocycles. The summed E-state index contributed by atoms with van der Waals surface area (Å²) in [7, 11) is 1.89. The van der Waals surface area contributed by atoms with Crippen molar-refractivity contribution >= 4 is 0 Å². The molecule has 1 unspecified atom stereocenters. The van der Waals surface area contributed by atoms with Crippen LogP contribution < -0.4 is 5.73 Å². The molecule has 2 aromatic rings. The number of halogens is 2. The molecule has 21 heavy (non-hydrogen) atoms. The van der Waals surface area contributed by atoms with Gasteiger partial charge in [-0.2, -0.15) is 0 Å². The second kappa shape index (κ2) is 6.78. The predicted molar refractivity (Wildman–Crippen MR) is 80.6 cm³/mol. The lowest BCUT2D eigenvalue weighted by Crippen LogP contribution is -2.23. The number of hydrogen-bond donors (Lipinski definition) is 1. The molecule has 2 aromatic carbocycles. The summed E-state index contributed by atoms with van der Waals surface area (Å²) in [5.74, 6) is -0.510. The molecule has 0 spiro atoms. The van der Waals surface area contributed by atoms with Gasteiger partial charge >= 0.3 is 0 Å². The summed E-state index contributed by atoms with van der Waals surface area (Å²) in [6.45, 7) is 2.80. The third kappa shape index (κ3) is 3.65. The Morgan fingerprint density at radius 1 is 1.10 bits per heavy atom. The van der Waals surface area contributed by atoms with E-state index in [4.69, 9.17) is 5.73 Å². The summed E-state index contributed by atoms with van der Waals surface area (Å²) < 4.78 is 27.2. The minimum atomic E-state index is -0.283. The average molecular weight is 290 g/mol. The minimum absolute atomic E-state index is 0.111. The number of hydrogen-bond acceptors (Lipinski definition) is 2. The van der Waals surface area contributed by atoms with E-state index in [1.54, 1.807) is 18.2 Å². The van der Waals surface area contributed by atoms with Crippen molar-refractivity contribution in [3.05, 3.63) is 70.8 Å². The van der Waals surface area contributed by atoms with Gasteiger partial charge in [0.2, 0.25) is 0 Å². The number of nitrogens with two attached hydrogens (primary N) is 1. The molecule has 0 fully saturated rings. The maximum atomic E-state index is 13.8. The van der Waals surface area contributed by atoms with Gasteiger partial charge in [-0.3, -0.25) is 4.90 Å². The summed E-state index contributed by atoms with van der Waals surface area (Å²) in [6, 6.07) is 11.2. The molecule has 0 aliphatic rings. The van der Waals surface area contributed by atoms with E-state index in [1.807, 2.05) is 24.9 Å². The second-order valence-corrected chi connectivity index (χ2v) is 5.23. The van der Waals surface area contributed by atoms with Crippen LogP contribution in [0.2, 0.25) is 0 Å². The highest BCUT2D eigenvalue weighted by atomic mass is 19.1. The van der Waals surface area contributed by atoms with Gasteiger partial charge in [0.15, 0.2) is 0 Å². The summed E-state index contributed by atoms with van der Waals surface area (Å²) in [4.78, 5) is 1.98. The first-order valence-electron chi connectivity index (χ1n) is 6.95. The molecule has 0 radical (unpaired) electrons. The van der Waals surface area contributed by atoms with Gasteiger partial charge in [0, 0.05) is 24.7 Å². The van der Waals surface area contributed by atoms with Crippen molar-refractivity contribution in [1.29, 1.82) is 0 Å². The van der Waals surface area contributed by atoms with E-state index in [1.165, 1.54) is 18.2 Å². The molecule has 0 bridgehead atoms. The fourth-order valence-corrected chi connectivity index (χ4v) is 2.40. The lowest BCUT2D eigenvalue weighted by molar-refractivity contribution is 0.247. The Morgan fingerprint density at radius 3 is 2.48 bits per heavy atom. The molecule has 0 heterocycles. The van der Waals surface area contributed by atoms with E-state index >= 15 is 0 Å². The quantitative estimate of drug-likeness (QED) is 0.911. The topological polar surface area (TPSA) is 29.3 Å². The van der Waals surface area contributed by atoms with Crippen LogP contribution in [0.4, 0.5) is 8.78 Å². The number of benzene rings is 2. The van der Waals surface area contributed by atoms with Crippen LogP contribution in [-0.2, 0) is 13.1 Å². The summed E-state index contributed by atoms with van der Waals surface area (Å²) in [5, 5.41) is 0. The van der Waals surface area contributed by atoms with Crippen LogP contribution >= 0.6 is 0 Å². The molecule has 4 heteroatoms. The zero-order chi connectivity index (χ0) is 15.4. The predicted octanol–water partition coefficient (Wildman–Crippen LogP) is 3.62. The van der Waals surface area contributed by atoms with E-state index < -0.39 is 0 Å². The summed E-state index contributed by atoms with van der Waals surface area (Å²) in [6.07, 6.45) is 0. The second-order valence-electron chi connectivity index (χ2n) is 5.23. The van der Waals surface area contributed by atoms with E-state index in [0.717, 1.165) is 11.1 Å². The average Bonchev–Trinajstić information content (AvgIpc) is 2.47. The molecular weight excluding hydrogens is 270 g/mol. The zero-order valence-corrected chi connectivity index (χ0v) is 12.3. The first-order valence-corrected chi connectivity index (χ1v) is 6.95. The van der Waals surface area contributed by atoms with Gasteiger partial charge in [0.25, 0.3) is 0 Å². The third-order valence-corrected chi connectivity index (χ3v) is 3.82. The monoisotopic (exact) mass is 290 g/mol. The SMILES string of the molecule is CC(c1ccccc1F)N(C)Cc1cc(F)ccc1CN. The fourth-order valence-electron chi connectivity index (χ4n) is 2.40. The Morgan fingerprint density at radius 2 is 1.81 bits per heavy atom. The van der Waals surface area contributed by atoms with Crippen LogP contribution in [0.3, 0.4) is 0 Å². The molecule has 0 amide bonds. The van der Waals surface area contributed by atoms with Crippen LogP contribution in [-0.4, -0.2) is 11.9 Å². The van der Waals surface area contributed by atoms with Crippen molar-refractivity contribution in [1.82, 2.24) is 4.90 Å². The van der Waals surface area contributed by atoms with E-state index in [2.05, 4.69) is 0 Å². The molecule has 2 N–H and O–H groups in total. The van der Waals surface area contributed by atoms with Crippen molar-refractivity contribution < 1.29 is 8.78 Å². The van der Waals surface area contributed by atoms with Gasteiger partial charge in [0.05, 0.1) is 0 Å². The zero-order valence-electron chi connectivity index (χ0n) is 12.3. The van der Waals surface area contributed by atoms with Crippen LogP contribution in [0.1, 0.15) is 29.7 Å². The molecule has 0 saturated carbocycles. The first-order chi connectivity index (χ1) is 10.0. The molecule has 0 saturated heterocycles. The summed E-state index contributed by atoms with van der Waals surface area (Å²) in [5.41, 5.74) is 8.06. The lowest BCUT2D eigenvalue weighted by atomic mass is 10.0. The van der Waals surface area contributed by atoms with Crippen LogP contribution in [0, 0.1) is 11.6 Å². The Labute approximate surface area is 124 Å². The Hall–Kier alpha value is -1.78. The van der Waals surface area contributed by atoms with Gasteiger partial charge in [-0.05, 0) is 43.3 Å². The van der Waals surface area contributed by atoms with Crippen LogP contribution in [0.25, 0.3) is 0 Å². The Kier molecular flexibility index (Phi) is 5.04. The molecule has 1 atom stereocenters. The molecule has 0 aromatic heterocycles. The summed E-state index contributed by atoms with van der Waals surface area (Å²) >= 11 is 0. The Bertz CT molecular complexity index is 613. The van der Waals surface area contributed by atoms with Crippen LogP contribution in [0.5, 0.6) is 0 Å². The highest BCUT2D eigenvalue weighted by Gasteiger charge is 2.16. The largest absolute Gasteiger partial charge is 0.326 e. The van der Waals surface area contributed by atoms with Crippen molar-refractivity contribution in [2.24, 2.45) is 5.73 Å². The standard InChI is InChI=1S/C17H20F2N2/c1-12(16-5-3-4-6-17(16)19)21(2)11-14-9-15(18)8-7-13(14)10-20/h3-9,12H,10-11,20H2,1-2H3. The van der Waals surface area contributed by atoms with E-state index in [9.17, 15) is 8.78 Å². The van der Waals surface area contributed by atoms with Gasteiger partial charge in [-0.15, -0.1) is 0 Å². The number of nitrogens with zero attached hydrogens (tertiary/aromatic N) is 1. The molecule has 2 rings (SSSR count). The van der Waals surface area contributed by atoms with Gasteiger partial charge < -0.3 is 5.73 Å². The number of rotatable bonds is 5. The van der Waals surface area contributed by atoms with Crippen molar-refractivity contribution in [2.75, 3.05) is 7.05 Å². The maximum absolute atomic E-state index is 13.8. The van der Waals surface area contributed by atoms with E-state index in [0.29, 0.717) is 18.7 Å². The molecular formula is C17H20F2N2. The lowest BCUT2D eigenvalue weighted by Gasteiger charge is -2.26. The first kappa shape index (κ1) is 15.6. The van der Waals surface area contributed by atoms with E-state index in [-0.39, 0.29) is 17.7 Å². The molecule has 2 nitrogen and oxygen atoms in total. The van der Waals surface area contributed by atoms with Crippen LogP contribution in [0.15, 0.2) is 42.5 Å². The van der Waals surface area contributed by atoms with Gasteiger partial charge in [-0.25, -0.2) is 8.78 Å². The van der Waals surface area contributed by atoms with Crippen molar-refractivity contribution in [3.8, 4) is 0 Å². The van der Waals surface area contributed by atoms with Crippen molar-refractivity contribution in [2.45, 2.75) is 26.1 Å². The smallest absolute Gasteiger partial charge is 0.127 e.